The van der Waals surface area contributed by atoms with Crippen molar-refractivity contribution in [1.82, 2.24) is 14.3 Å². The molecule has 0 saturated carbocycles. The highest BCUT2D eigenvalue weighted by atomic mass is 32.2. The summed E-state index contributed by atoms with van der Waals surface area (Å²) in [4.78, 5) is 21.6. The molecule has 0 bridgehead atoms. The van der Waals surface area contributed by atoms with Gasteiger partial charge in [-0.25, -0.2) is 9.78 Å². The Bertz CT molecular complexity index is 1030. The molecule has 11 heteroatoms. The molecule has 1 aliphatic heterocycles. The lowest BCUT2D eigenvalue weighted by Crippen LogP contribution is -2.49. The third-order valence-electron chi connectivity index (χ3n) is 5.98. The highest BCUT2D eigenvalue weighted by molar-refractivity contribution is 8.22. The zero-order chi connectivity index (χ0) is 25.2. The quantitative estimate of drug-likeness (QED) is 0.249. The third-order valence-corrected chi connectivity index (χ3v) is 8.91. The van der Waals surface area contributed by atoms with E-state index in [0.717, 1.165) is 15.5 Å². The molecule has 1 amide bonds. The van der Waals surface area contributed by atoms with Crippen LogP contribution >= 0.6 is 35.3 Å². The van der Waals surface area contributed by atoms with Crippen molar-refractivity contribution in [2.45, 2.75) is 65.6 Å². The van der Waals surface area contributed by atoms with E-state index in [1.54, 1.807) is 22.3 Å². The van der Waals surface area contributed by atoms with Gasteiger partial charge < -0.3 is 13.9 Å². The zero-order valence-electron chi connectivity index (χ0n) is 20.9. The van der Waals surface area contributed by atoms with Crippen molar-refractivity contribution < 1.29 is 18.7 Å². The number of aromatic nitrogens is 2. The van der Waals surface area contributed by atoms with Crippen LogP contribution in [0.5, 0.6) is 0 Å². The normalized spacial score (nSPS) is 21.8. The highest BCUT2D eigenvalue weighted by Crippen LogP contribution is 2.48. The van der Waals surface area contributed by atoms with Gasteiger partial charge in [-0.05, 0) is 50.3 Å². The van der Waals surface area contributed by atoms with Crippen molar-refractivity contribution in [3.8, 4) is 0 Å². The van der Waals surface area contributed by atoms with E-state index in [0.29, 0.717) is 10.8 Å². The summed E-state index contributed by atoms with van der Waals surface area (Å²) in [5.41, 5.74) is -0.0901. The number of imidazole rings is 1. The van der Waals surface area contributed by atoms with E-state index in [-0.39, 0.29) is 24.0 Å². The Labute approximate surface area is 217 Å². The standard InChI is InChI=1S/C23H35N3O4S3Si/c1-9-10-28-21(27)26-16(11-15(23(3,4)5)20(26)30-34(7)8)19(29-22(31)32-6)17-13-25-14(2)24-12-18(25)33-17/h9,12-13,15-16,19-20,34H,1,10-11H2,2-8H3/t15-,16-,19?,20?/m0/s1. The lowest BCUT2D eigenvalue weighted by molar-refractivity contribution is -0.0266. The molecule has 1 aliphatic rings. The minimum absolute atomic E-state index is 0.0901. The third kappa shape index (κ3) is 5.87. The topological polar surface area (TPSA) is 65.3 Å². The van der Waals surface area contributed by atoms with E-state index in [9.17, 15) is 4.79 Å². The van der Waals surface area contributed by atoms with Gasteiger partial charge in [0.05, 0.1) is 17.1 Å². The van der Waals surface area contributed by atoms with Gasteiger partial charge in [-0.3, -0.25) is 9.30 Å². The van der Waals surface area contributed by atoms with Gasteiger partial charge in [-0.1, -0.05) is 45.2 Å². The molecule has 7 nitrogen and oxygen atoms in total. The number of ether oxygens (including phenoxy) is 2. The number of carbonyl (C=O) groups is 1. The van der Waals surface area contributed by atoms with Crippen molar-refractivity contribution in [2.24, 2.45) is 11.3 Å². The SMILES string of the molecule is C=CCOC(=O)N1C(O[SiH](C)C)[C@@H](C(C)(C)C)C[C@H]1C(OC(=S)SC)c1cn2c(C)ncc2s1. The van der Waals surface area contributed by atoms with Gasteiger partial charge in [0.2, 0.25) is 4.38 Å². The molecule has 0 radical (unpaired) electrons. The smallest absolute Gasteiger partial charge is 0.412 e. The molecule has 34 heavy (non-hydrogen) atoms. The average Bonchev–Trinajstić information content (AvgIpc) is 3.43. The Morgan fingerprint density at radius 2 is 2.18 bits per heavy atom. The van der Waals surface area contributed by atoms with E-state index in [2.05, 4.69) is 45.4 Å². The average molecular weight is 542 g/mol. The fourth-order valence-corrected chi connectivity index (χ4v) is 6.65. The second-order valence-corrected chi connectivity index (χ2v) is 14.6. The number of rotatable bonds is 7. The number of hydrogen-bond acceptors (Lipinski definition) is 8. The molecular weight excluding hydrogens is 507 g/mol. The lowest BCUT2D eigenvalue weighted by atomic mass is 9.78. The van der Waals surface area contributed by atoms with E-state index in [1.165, 1.54) is 11.8 Å². The maximum Gasteiger partial charge on any atom is 0.412 e. The molecule has 3 rings (SSSR count). The molecule has 0 spiro atoms. The molecule has 0 N–H and O–H groups in total. The van der Waals surface area contributed by atoms with Gasteiger partial charge in [0.1, 0.15) is 23.5 Å². The van der Waals surface area contributed by atoms with Crippen LogP contribution in [0.3, 0.4) is 0 Å². The van der Waals surface area contributed by atoms with Crippen molar-refractivity contribution in [3.05, 3.63) is 35.8 Å². The van der Waals surface area contributed by atoms with Crippen LogP contribution in [-0.4, -0.2) is 58.9 Å². The molecular formula is C23H35N3O4S3Si. The number of likely N-dealkylation sites (tertiary alicyclic amines) is 1. The Hall–Kier alpha value is -1.40. The van der Waals surface area contributed by atoms with Crippen LogP contribution in [0.25, 0.3) is 4.83 Å². The largest absolute Gasteiger partial charge is 0.467 e. The number of aryl methyl sites for hydroxylation is 1. The first-order valence-electron chi connectivity index (χ1n) is 11.4. The number of amides is 1. The summed E-state index contributed by atoms with van der Waals surface area (Å²) in [6.07, 6.45) is 6.82. The Morgan fingerprint density at radius 1 is 1.47 bits per heavy atom. The zero-order valence-corrected chi connectivity index (χ0v) is 24.5. The second-order valence-electron chi connectivity index (χ2n) is 9.76. The fraction of sp³-hybridized carbons (Fsp3) is 0.609. The van der Waals surface area contributed by atoms with Crippen molar-refractivity contribution in [3.63, 3.8) is 0 Å². The molecule has 3 heterocycles. The van der Waals surface area contributed by atoms with Gasteiger partial charge in [0, 0.05) is 12.1 Å². The second kappa shape index (κ2) is 11.1. The Morgan fingerprint density at radius 3 is 2.74 bits per heavy atom. The van der Waals surface area contributed by atoms with Crippen LogP contribution in [0.15, 0.2) is 25.0 Å². The summed E-state index contributed by atoms with van der Waals surface area (Å²) in [6.45, 7) is 16.6. The minimum atomic E-state index is -1.48. The summed E-state index contributed by atoms with van der Waals surface area (Å²) < 4.78 is 20.9. The number of thiazole rings is 1. The first-order chi connectivity index (χ1) is 16.0. The summed E-state index contributed by atoms with van der Waals surface area (Å²) in [7, 11) is -1.48. The summed E-state index contributed by atoms with van der Waals surface area (Å²) in [6, 6.07) is -0.305. The molecule has 188 valence electrons. The molecule has 4 atom stereocenters. The highest BCUT2D eigenvalue weighted by Gasteiger charge is 2.53. The van der Waals surface area contributed by atoms with Crippen LogP contribution in [0.1, 0.15) is 44.0 Å². The minimum Gasteiger partial charge on any atom is -0.467 e. The van der Waals surface area contributed by atoms with Crippen LogP contribution in [0, 0.1) is 18.3 Å². The van der Waals surface area contributed by atoms with E-state index in [1.807, 2.05) is 30.0 Å². The molecule has 0 aromatic carbocycles. The van der Waals surface area contributed by atoms with Crippen molar-refractivity contribution >= 4 is 59.7 Å². The first-order valence-corrected chi connectivity index (χ1v) is 16.6. The monoisotopic (exact) mass is 541 g/mol. The summed E-state index contributed by atoms with van der Waals surface area (Å²) in [5, 5.41) is 0. The summed E-state index contributed by atoms with van der Waals surface area (Å²) >= 11 is 8.47. The van der Waals surface area contributed by atoms with Crippen LogP contribution < -0.4 is 0 Å². The number of carbonyl (C=O) groups excluding carboxylic acids is 1. The number of hydrogen-bond donors (Lipinski definition) is 0. The van der Waals surface area contributed by atoms with E-state index < -0.39 is 27.5 Å². The molecule has 0 aliphatic carbocycles. The van der Waals surface area contributed by atoms with Crippen LogP contribution in [0.2, 0.25) is 13.1 Å². The molecule has 2 aromatic heterocycles. The first kappa shape index (κ1) is 27.2. The van der Waals surface area contributed by atoms with Gasteiger partial charge in [0.15, 0.2) is 15.1 Å². The predicted molar refractivity (Wildman–Crippen MR) is 146 cm³/mol. The molecule has 1 fully saturated rings. The summed E-state index contributed by atoms with van der Waals surface area (Å²) in [5.74, 6) is 1.00. The van der Waals surface area contributed by atoms with Crippen molar-refractivity contribution in [2.75, 3.05) is 12.9 Å². The number of thioether (sulfide) groups is 1. The number of nitrogens with zero attached hydrogens (tertiary/aromatic N) is 3. The number of fused-ring (bicyclic) bond motifs is 1. The fourth-order valence-electron chi connectivity index (χ4n) is 4.36. The van der Waals surface area contributed by atoms with Crippen LogP contribution in [0.4, 0.5) is 4.79 Å². The van der Waals surface area contributed by atoms with Crippen molar-refractivity contribution in [1.29, 1.82) is 0 Å². The van der Waals surface area contributed by atoms with Crippen LogP contribution in [-0.2, 0) is 13.9 Å². The van der Waals surface area contributed by atoms with Gasteiger partial charge in [0.25, 0.3) is 0 Å². The molecule has 2 aromatic rings. The maximum absolute atomic E-state index is 13.4. The molecule has 2 unspecified atom stereocenters. The van der Waals surface area contributed by atoms with E-state index in [4.69, 9.17) is 26.1 Å². The number of thiocarbonyl (C=S) groups is 1. The lowest BCUT2D eigenvalue weighted by Gasteiger charge is -2.37. The predicted octanol–water partition coefficient (Wildman–Crippen LogP) is 5.80. The maximum atomic E-state index is 13.4. The Kier molecular flexibility index (Phi) is 8.89. The van der Waals surface area contributed by atoms with Gasteiger partial charge in [-0.2, -0.15) is 0 Å². The molecule has 1 saturated heterocycles. The van der Waals surface area contributed by atoms with Gasteiger partial charge >= 0.3 is 6.09 Å². The Balaban J connectivity index is 2.11. The van der Waals surface area contributed by atoms with E-state index >= 15 is 0 Å². The van der Waals surface area contributed by atoms with Gasteiger partial charge in [-0.15, -0.1) is 11.3 Å².